The number of carbonyl (C=O) groups is 3. The van der Waals surface area contributed by atoms with E-state index >= 15 is 0 Å². The van der Waals surface area contributed by atoms with Crippen LogP contribution in [0.25, 0.3) is 0 Å². The molecule has 1 saturated heterocycles. The molecule has 1 fully saturated rings. The SMILES string of the molecule is Cc1c(Cl)cccc1NC(=O)CCNC(=O)[C@@H]1CC[C@H](C(=O)O)O1. The molecule has 130 valence electrons. The number of halogens is 1. The van der Waals surface area contributed by atoms with E-state index in [-0.39, 0.29) is 18.9 Å². The molecule has 2 amide bonds. The third kappa shape index (κ3) is 4.69. The summed E-state index contributed by atoms with van der Waals surface area (Å²) < 4.78 is 5.14. The molecule has 2 rings (SSSR count). The van der Waals surface area contributed by atoms with Crippen LogP contribution in [0.2, 0.25) is 5.02 Å². The lowest BCUT2D eigenvalue weighted by atomic mass is 10.2. The Labute approximate surface area is 144 Å². The molecule has 7 nitrogen and oxygen atoms in total. The van der Waals surface area contributed by atoms with Gasteiger partial charge < -0.3 is 20.5 Å². The van der Waals surface area contributed by atoms with Crippen molar-refractivity contribution < 1.29 is 24.2 Å². The van der Waals surface area contributed by atoms with E-state index in [1.54, 1.807) is 25.1 Å². The number of nitrogens with one attached hydrogen (secondary N) is 2. The van der Waals surface area contributed by atoms with Crippen LogP contribution in [0, 0.1) is 6.92 Å². The molecule has 8 heteroatoms. The summed E-state index contributed by atoms with van der Waals surface area (Å²) in [5, 5.41) is 14.7. The number of hydrogen-bond acceptors (Lipinski definition) is 4. The van der Waals surface area contributed by atoms with Crippen molar-refractivity contribution in [2.45, 2.75) is 38.4 Å². The molecule has 0 aromatic heterocycles. The first kappa shape index (κ1) is 18.2. The first-order chi connectivity index (χ1) is 11.4. The second-order valence-corrected chi connectivity index (χ2v) is 5.94. The minimum absolute atomic E-state index is 0.0901. The third-order valence-corrected chi connectivity index (χ3v) is 4.19. The van der Waals surface area contributed by atoms with E-state index in [4.69, 9.17) is 21.4 Å². The largest absolute Gasteiger partial charge is 0.479 e. The first-order valence-corrected chi connectivity index (χ1v) is 7.97. The maximum atomic E-state index is 11.9. The zero-order valence-electron chi connectivity index (χ0n) is 13.2. The predicted octanol–water partition coefficient (Wildman–Crippen LogP) is 1.73. The summed E-state index contributed by atoms with van der Waals surface area (Å²) >= 11 is 5.99. The van der Waals surface area contributed by atoms with Crippen molar-refractivity contribution in [1.82, 2.24) is 5.32 Å². The van der Waals surface area contributed by atoms with Gasteiger partial charge in [-0.05, 0) is 37.5 Å². The molecule has 1 aliphatic heterocycles. The zero-order valence-corrected chi connectivity index (χ0v) is 13.9. The van der Waals surface area contributed by atoms with Gasteiger partial charge in [-0.2, -0.15) is 0 Å². The molecule has 1 aromatic carbocycles. The molecule has 0 bridgehead atoms. The molecule has 3 N–H and O–H groups in total. The number of aliphatic carboxylic acids is 1. The van der Waals surface area contributed by atoms with E-state index in [0.717, 1.165) is 5.56 Å². The van der Waals surface area contributed by atoms with Gasteiger partial charge in [0.25, 0.3) is 0 Å². The second kappa shape index (κ2) is 8.12. The number of ether oxygens (including phenoxy) is 1. The molecule has 0 aliphatic carbocycles. The van der Waals surface area contributed by atoms with Gasteiger partial charge in [0.05, 0.1) is 0 Å². The Morgan fingerprint density at radius 2 is 2.00 bits per heavy atom. The number of hydrogen-bond donors (Lipinski definition) is 3. The van der Waals surface area contributed by atoms with Crippen LogP contribution < -0.4 is 10.6 Å². The van der Waals surface area contributed by atoms with Crippen LogP contribution in [0.1, 0.15) is 24.8 Å². The normalized spacial score (nSPS) is 19.8. The van der Waals surface area contributed by atoms with Crippen molar-refractivity contribution in [3.05, 3.63) is 28.8 Å². The van der Waals surface area contributed by atoms with E-state index in [1.807, 2.05) is 0 Å². The van der Waals surface area contributed by atoms with Crippen LogP contribution >= 0.6 is 11.6 Å². The van der Waals surface area contributed by atoms with Crippen LogP contribution in [-0.2, 0) is 19.1 Å². The summed E-state index contributed by atoms with van der Waals surface area (Å²) in [6.07, 6.45) is -0.954. The van der Waals surface area contributed by atoms with E-state index in [9.17, 15) is 14.4 Å². The van der Waals surface area contributed by atoms with Crippen LogP contribution in [-0.4, -0.2) is 41.6 Å². The lowest BCUT2D eigenvalue weighted by Crippen LogP contribution is -2.37. The fourth-order valence-electron chi connectivity index (χ4n) is 2.38. The van der Waals surface area contributed by atoms with Gasteiger partial charge in [0.2, 0.25) is 11.8 Å². The van der Waals surface area contributed by atoms with Crippen LogP contribution in [0.3, 0.4) is 0 Å². The van der Waals surface area contributed by atoms with Gasteiger partial charge in [-0.15, -0.1) is 0 Å². The van der Waals surface area contributed by atoms with E-state index in [1.165, 1.54) is 0 Å². The Bertz CT molecular complexity index is 649. The molecule has 0 unspecified atom stereocenters. The lowest BCUT2D eigenvalue weighted by Gasteiger charge is -2.12. The monoisotopic (exact) mass is 354 g/mol. The Hall–Kier alpha value is -2.12. The number of anilines is 1. The highest BCUT2D eigenvalue weighted by atomic mass is 35.5. The van der Waals surface area contributed by atoms with Crippen molar-refractivity contribution in [1.29, 1.82) is 0 Å². The molecule has 0 spiro atoms. The van der Waals surface area contributed by atoms with Crippen molar-refractivity contribution in [2.24, 2.45) is 0 Å². The standard InChI is InChI=1S/C16H19ClN2O5/c1-9-10(17)3-2-4-11(9)19-14(20)7-8-18-15(21)12-5-6-13(24-12)16(22)23/h2-4,12-13H,5-8H2,1H3,(H,18,21)(H,19,20)(H,22,23)/t12-,13+/m0/s1. The molecule has 2 atom stereocenters. The topological polar surface area (TPSA) is 105 Å². The Morgan fingerprint density at radius 3 is 2.67 bits per heavy atom. The average Bonchev–Trinajstić information content (AvgIpc) is 3.02. The summed E-state index contributed by atoms with van der Waals surface area (Å²) in [4.78, 5) is 34.6. The Morgan fingerprint density at radius 1 is 1.29 bits per heavy atom. The maximum absolute atomic E-state index is 11.9. The maximum Gasteiger partial charge on any atom is 0.332 e. The van der Waals surface area contributed by atoms with Crippen molar-refractivity contribution in [3.8, 4) is 0 Å². The smallest absolute Gasteiger partial charge is 0.332 e. The molecule has 1 heterocycles. The molecule has 1 aliphatic rings. The molecular weight excluding hydrogens is 336 g/mol. The van der Waals surface area contributed by atoms with Gasteiger partial charge in [-0.3, -0.25) is 9.59 Å². The van der Waals surface area contributed by atoms with Crippen molar-refractivity contribution in [2.75, 3.05) is 11.9 Å². The van der Waals surface area contributed by atoms with Gasteiger partial charge >= 0.3 is 5.97 Å². The molecule has 0 radical (unpaired) electrons. The first-order valence-electron chi connectivity index (χ1n) is 7.59. The predicted molar refractivity (Wildman–Crippen MR) is 88.0 cm³/mol. The minimum Gasteiger partial charge on any atom is -0.479 e. The summed E-state index contributed by atoms with van der Waals surface area (Å²) in [5.74, 6) is -1.72. The summed E-state index contributed by atoms with van der Waals surface area (Å²) in [5.41, 5.74) is 1.40. The quantitative estimate of drug-likeness (QED) is 0.721. The van der Waals surface area contributed by atoms with Crippen LogP contribution in [0.5, 0.6) is 0 Å². The van der Waals surface area contributed by atoms with Gasteiger partial charge in [-0.25, -0.2) is 4.79 Å². The van der Waals surface area contributed by atoms with Gasteiger partial charge in [0.1, 0.15) is 6.10 Å². The highest BCUT2D eigenvalue weighted by molar-refractivity contribution is 6.31. The number of carboxylic acids is 1. The number of benzene rings is 1. The van der Waals surface area contributed by atoms with Crippen LogP contribution in [0.15, 0.2) is 18.2 Å². The Kier molecular flexibility index (Phi) is 6.16. The molecule has 0 saturated carbocycles. The fraction of sp³-hybridized carbons (Fsp3) is 0.438. The number of amides is 2. The van der Waals surface area contributed by atoms with Crippen LogP contribution in [0.4, 0.5) is 5.69 Å². The highest BCUT2D eigenvalue weighted by Crippen LogP contribution is 2.23. The van der Waals surface area contributed by atoms with E-state index in [0.29, 0.717) is 23.6 Å². The summed E-state index contributed by atoms with van der Waals surface area (Å²) in [7, 11) is 0. The number of carboxylic acid groups (broad SMARTS) is 1. The third-order valence-electron chi connectivity index (χ3n) is 3.78. The molecule has 24 heavy (non-hydrogen) atoms. The minimum atomic E-state index is -1.07. The van der Waals surface area contributed by atoms with Gasteiger partial charge in [-0.1, -0.05) is 17.7 Å². The zero-order chi connectivity index (χ0) is 17.7. The highest BCUT2D eigenvalue weighted by Gasteiger charge is 2.34. The van der Waals surface area contributed by atoms with E-state index in [2.05, 4.69) is 10.6 Å². The second-order valence-electron chi connectivity index (χ2n) is 5.53. The van der Waals surface area contributed by atoms with Crippen molar-refractivity contribution in [3.63, 3.8) is 0 Å². The fourth-order valence-corrected chi connectivity index (χ4v) is 2.55. The van der Waals surface area contributed by atoms with Gasteiger partial charge in [0, 0.05) is 23.7 Å². The average molecular weight is 355 g/mol. The lowest BCUT2D eigenvalue weighted by molar-refractivity contribution is -0.151. The summed E-state index contributed by atoms with van der Waals surface area (Å²) in [6.45, 7) is 1.94. The Balaban J connectivity index is 1.74. The summed E-state index contributed by atoms with van der Waals surface area (Å²) in [6, 6.07) is 5.22. The molecular formula is C16H19ClN2O5. The molecule has 1 aromatic rings. The van der Waals surface area contributed by atoms with Crippen molar-refractivity contribution >= 4 is 35.1 Å². The van der Waals surface area contributed by atoms with E-state index < -0.39 is 24.1 Å². The van der Waals surface area contributed by atoms with Gasteiger partial charge in [0.15, 0.2) is 6.10 Å². The number of rotatable bonds is 6. The number of carbonyl (C=O) groups excluding carboxylic acids is 2.